The van der Waals surface area contributed by atoms with E-state index in [9.17, 15) is 0 Å². The van der Waals surface area contributed by atoms with Gasteiger partial charge in [0.25, 0.3) is 0 Å². The van der Waals surface area contributed by atoms with E-state index >= 15 is 0 Å². The van der Waals surface area contributed by atoms with Crippen LogP contribution < -0.4 is 4.57 Å². The Morgan fingerprint density at radius 1 is 1.22 bits per heavy atom. The maximum Gasteiger partial charge on any atom is 0.178 e. The van der Waals surface area contributed by atoms with Crippen LogP contribution in [0.15, 0.2) is 53.9 Å². The quantitative estimate of drug-likeness (QED) is 0.381. The molecule has 0 saturated carbocycles. The van der Waals surface area contributed by atoms with Crippen LogP contribution in [0.25, 0.3) is 0 Å². The Kier molecular flexibility index (Phi) is 3.72. The highest BCUT2D eigenvalue weighted by atomic mass is 16.4. The summed E-state index contributed by atoms with van der Waals surface area (Å²) >= 11 is 0. The summed E-state index contributed by atoms with van der Waals surface area (Å²) in [7, 11) is 0. The first-order valence-electron chi connectivity index (χ1n) is 5.93. The summed E-state index contributed by atoms with van der Waals surface area (Å²) in [6.07, 6.45) is 3.99. The van der Waals surface area contributed by atoms with Gasteiger partial charge in [0.05, 0.1) is 11.3 Å². The van der Waals surface area contributed by atoms with Gasteiger partial charge in [-0.2, -0.15) is 0 Å². The molecule has 3 heteroatoms. The zero-order valence-electron chi connectivity index (χ0n) is 10.7. The molecule has 3 nitrogen and oxygen atoms in total. The smallest absolute Gasteiger partial charge is 0.178 e. The molecule has 18 heavy (non-hydrogen) atoms. The molecule has 1 aromatic heterocycles. The number of hydrogen-bond donors (Lipinski definition) is 1. The van der Waals surface area contributed by atoms with E-state index in [1.54, 1.807) is 6.92 Å². The van der Waals surface area contributed by atoms with E-state index < -0.39 is 0 Å². The van der Waals surface area contributed by atoms with Crippen molar-refractivity contribution in [1.29, 1.82) is 0 Å². The van der Waals surface area contributed by atoms with E-state index in [1.807, 2.05) is 24.5 Å². The highest BCUT2D eigenvalue weighted by Crippen LogP contribution is 2.03. The number of aromatic nitrogens is 1. The minimum absolute atomic E-state index is 0.619. The van der Waals surface area contributed by atoms with Gasteiger partial charge in [-0.25, -0.2) is 4.57 Å². The van der Waals surface area contributed by atoms with Crippen molar-refractivity contribution in [2.45, 2.75) is 20.4 Å². The second-order valence-corrected chi connectivity index (χ2v) is 4.44. The molecule has 0 fully saturated rings. The zero-order valence-corrected chi connectivity index (χ0v) is 10.7. The van der Waals surface area contributed by atoms with Crippen LogP contribution in [0.5, 0.6) is 0 Å². The van der Waals surface area contributed by atoms with Crippen LogP contribution in [0, 0.1) is 6.92 Å². The van der Waals surface area contributed by atoms with E-state index in [0.717, 1.165) is 12.1 Å². The lowest BCUT2D eigenvalue weighted by Gasteiger charge is -2.01. The van der Waals surface area contributed by atoms with Crippen molar-refractivity contribution in [2.75, 3.05) is 0 Å². The summed E-state index contributed by atoms with van der Waals surface area (Å²) in [5.41, 5.74) is 4.06. The van der Waals surface area contributed by atoms with Crippen molar-refractivity contribution in [2.24, 2.45) is 5.16 Å². The van der Waals surface area contributed by atoms with Crippen LogP contribution >= 0.6 is 0 Å². The molecular weight excluding hydrogens is 224 g/mol. The highest BCUT2D eigenvalue weighted by Gasteiger charge is 2.06. The molecular formula is C15H17N2O+. The molecule has 0 aliphatic carbocycles. The maximum atomic E-state index is 8.78. The average Bonchev–Trinajstić information content (AvgIpc) is 2.41. The Bertz CT molecular complexity index is 559. The summed E-state index contributed by atoms with van der Waals surface area (Å²) < 4.78 is 2.08. The Morgan fingerprint density at radius 3 is 2.61 bits per heavy atom. The molecule has 0 atom stereocenters. The Hall–Kier alpha value is -2.16. The van der Waals surface area contributed by atoms with Crippen LogP contribution in [-0.4, -0.2) is 10.9 Å². The molecule has 0 saturated heterocycles. The number of benzene rings is 1. The van der Waals surface area contributed by atoms with E-state index in [1.165, 1.54) is 11.1 Å². The lowest BCUT2D eigenvalue weighted by molar-refractivity contribution is -0.688. The lowest BCUT2D eigenvalue weighted by Crippen LogP contribution is -2.34. The molecule has 1 heterocycles. The number of nitrogens with zero attached hydrogens (tertiary/aromatic N) is 2. The second kappa shape index (κ2) is 5.45. The molecule has 0 spiro atoms. The van der Waals surface area contributed by atoms with Gasteiger partial charge in [0.1, 0.15) is 0 Å². The first-order valence-corrected chi connectivity index (χ1v) is 5.93. The number of aryl methyl sites for hydroxylation is 1. The first kappa shape index (κ1) is 12.3. The standard InChI is InChI=1S/C15H16N2O/c1-12-5-7-14(8-6-12)10-17-9-3-4-15(11-17)13(2)16-18/h3-9,11H,10H2,1-2H3/p+1/b16-13-. The first-order chi connectivity index (χ1) is 8.69. The van der Waals surface area contributed by atoms with Crippen LogP contribution in [0.1, 0.15) is 23.6 Å². The molecule has 92 valence electrons. The van der Waals surface area contributed by atoms with Gasteiger partial charge in [-0.15, -0.1) is 0 Å². The number of rotatable bonds is 3. The topological polar surface area (TPSA) is 36.5 Å². The second-order valence-electron chi connectivity index (χ2n) is 4.44. The Labute approximate surface area is 107 Å². The van der Waals surface area contributed by atoms with Gasteiger partial charge in [-0.1, -0.05) is 35.0 Å². The average molecular weight is 241 g/mol. The molecule has 0 bridgehead atoms. The predicted molar refractivity (Wildman–Crippen MR) is 70.9 cm³/mol. The van der Waals surface area contributed by atoms with Gasteiger partial charge in [-0.3, -0.25) is 0 Å². The molecule has 0 unspecified atom stereocenters. The van der Waals surface area contributed by atoms with Crippen LogP contribution in [0.3, 0.4) is 0 Å². The molecule has 1 aromatic carbocycles. The van der Waals surface area contributed by atoms with Crippen LogP contribution in [0.2, 0.25) is 0 Å². The Balaban J connectivity index is 2.22. The van der Waals surface area contributed by atoms with Crippen LogP contribution in [-0.2, 0) is 6.54 Å². The van der Waals surface area contributed by atoms with Gasteiger partial charge in [0.15, 0.2) is 18.9 Å². The van der Waals surface area contributed by atoms with Crippen molar-refractivity contribution >= 4 is 5.71 Å². The van der Waals surface area contributed by atoms with Gasteiger partial charge in [0.2, 0.25) is 0 Å². The van der Waals surface area contributed by atoms with Gasteiger partial charge < -0.3 is 5.21 Å². The summed E-state index contributed by atoms with van der Waals surface area (Å²) in [4.78, 5) is 0. The van der Waals surface area contributed by atoms with Crippen molar-refractivity contribution in [3.63, 3.8) is 0 Å². The normalized spacial score (nSPS) is 11.6. The third-order valence-electron chi connectivity index (χ3n) is 2.91. The monoisotopic (exact) mass is 241 g/mol. The van der Waals surface area contributed by atoms with Crippen molar-refractivity contribution in [3.8, 4) is 0 Å². The van der Waals surface area contributed by atoms with Gasteiger partial charge in [0, 0.05) is 11.6 Å². The van der Waals surface area contributed by atoms with E-state index in [4.69, 9.17) is 5.21 Å². The SMILES string of the molecule is C/C(=N/O)c1ccc[n+](Cc2ccc(C)cc2)c1. The number of pyridine rings is 1. The predicted octanol–water partition coefficient (Wildman–Crippen LogP) is 2.53. The molecule has 2 aromatic rings. The molecule has 0 aliphatic rings. The van der Waals surface area contributed by atoms with Crippen LogP contribution in [0.4, 0.5) is 0 Å². The summed E-state index contributed by atoms with van der Waals surface area (Å²) in [6, 6.07) is 12.4. The molecule has 0 radical (unpaired) electrons. The Morgan fingerprint density at radius 2 is 1.94 bits per heavy atom. The van der Waals surface area contributed by atoms with Gasteiger partial charge >= 0.3 is 0 Å². The minimum Gasteiger partial charge on any atom is -0.411 e. The maximum absolute atomic E-state index is 8.78. The van der Waals surface area contributed by atoms with E-state index in [2.05, 4.69) is 40.9 Å². The third kappa shape index (κ3) is 2.94. The molecule has 2 rings (SSSR count). The minimum atomic E-state index is 0.619. The zero-order chi connectivity index (χ0) is 13.0. The van der Waals surface area contributed by atoms with Crippen molar-refractivity contribution in [3.05, 3.63) is 65.5 Å². The summed E-state index contributed by atoms with van der Waals surface area (Å²) in [5.74, 6) is 0. The number of hydrogen-bond acceptors (Lipinski definition) is 2. The molecule has 1 N–H and O–H groups in total. The fourth-order valence-electron chi connectivity index (χ4n) is 1.80. The lowest BCUT2D eigenvalue weighted by atomic mass is 10.1. The molecule has 0 aliphatic heterocycles. The highest BCUT2D eigenvalue weighted by molar-refractivity contribution is 5.97. The van der Waals surface area contributed by atoms with E-state index in [0.29, 0.717) is 5.71 Å². The largest absolute Gasteiger partial charge is 0.411 e. The van der Waals surface area contributed by atoms with Crippen molar-refractivity contribution < 1.29 is 9.77 Å². The third-order valence-corrected chi connectivity index (χ3v) is 2.91. The van der Waals surface area contributed by atoms with Crippen molar-refractivity contribution in [1.82, 2.24) is 0 Å². The summed E-state index contributed by atoms with van der Waals surface area (Å²) in [6.45, 7) is 4.68. The molecule has 0 amide bonds. The van der Waals surface area contributed by atoms with Gasteiger partial charge in [-0.05, 0) is 19.9 Å². The fourth-order valence-corrected chi connectivity index (χ4v) is 1.80. The number of oxime groups is 1. The van der Waals surface area contributed by atoms with E-state index in [-0.39, 0.29) is 0 Å². The summed E-state index contributed by atoms with van der Waals surface area (Å²) in [5, 5.41) is 12.0. The fraction of sp³-hybridized carbons (Fsp3) is 0.200.